The predicted molar refractivity (Wildman–Crippen MR) is 333 cm³/mol. The Balaban J connectivity index is 4.43. The minimum atomic E-state index is -1.65. The van der Waals surface area contributed by atoms with E-state index in [1.54, 1.807) is 0 Å². The molecule has 0 heterocycles. The summed E-state index contributed by atoms with van der Waals surface area (Å²) in [6.07, 6.45) is 86.5. The number of carboxylic acid groups (broad SMARTS) is 1. The molecule has 0 aromatic carbocycles. The number of rotatable bonds is 52. The summed E-state index contributed by atoms with van der Waals surface area (Å²) in [5.41, 5.74) is 0. The zero-order chi connectivity index (χ0) is 57.6. The van der Waals surface area contributed by atoms with Gasteiger partial charge in [0.25, 0.3) is 0 Å². The van der Waals surface area contributed by atoms with Crippen LogP contribution in [0.5, 0.6) is 0 Å². The number of nitrogens with zero attached hydrogens (tertiary/aromatic N) is 1. The summed E-state index contributed by atoms with van der Waals surface area (Å²) in [6, 6.07) is 0. The molecule has 0 aliphatic rings. The Hall–Kier alpha value is -5.61. The lowest BCUT2D eigenvalue weighted by Gasteiger charge is -2.26. The van der Waals surface area contributed by atoms with Gasteiger partial charge in [-0.3, -0.25) is 9.59 Å². The third kappa shape index (κ3) is 59.9. The van der Waals surface area contributed by atoms with Crippen LogP contribution in [0.4, 0.5) is 0 Å². The second-order valence-electron chi connectivity index (χ2n) is 20.2. The number of carbonyl (C=O) groups excluding carboxylic acids is 3. The van der Waals surface area contributed by atoms with Crippen molar-refractivity contribution in [3.05, 3.63) is 182 Å². The maximum absolute atomic E-state index is 12.9. The Bertz CT molecular complexity index is 1940. The third-order valence-electron chi connectivity index (χ3n) is 11.6. The van der Waals surface area contributed by atoms with Gasteiger partial charge in [0, 0.05) is 12.8 Å². The molecule has 0 aromatic heterocycles. The largest absolute Gasteiger partial charge is 0.545 e. The molecule has 2 atom stereocenters. The third-order valence-corrected chi connectivity index (χ3v) is 11.6. The van der Waals surface area contributed by atoms with Crippen molar-refractivity contribution in [1.29, 1.82) is 0 Å². The second kappa shape index (κ2) is 58.5. The summed E-state index contributed by atoms with van der Waals surface area (Å²) in [5.74, 6) is -2.39. The average Bonchev–Trinajstić information content (AvgIpc) is 3.42. The van der Waals surface area contributed by atoms with Gasteiger partial charge in [0.05, 0.1) is 40.3 Å². The number of carboxylic acids is 1. The van der Waals surface area contributed by atoms with Gasteiger partial charge in [-0.25, -0.2) is 0 Å². The lowest BCUT2D eigenvalue weighted by molar-refractivity contribution is -0.870. The number of allylic oxidation sites excluding steroid dienone is 30. The first-order valence-corrected chi connectivity index (χ1v) is 29.9. The first-order chi connectivity index (χ1) is 38.6. The van der Waals surface area contributed by atoms with Crippen LogP contribution >= 0.6 is 0 Å². The van der Waals surface area contributed by atoms with Crippen molar-refractivity contribution in [3.63, 3.8) is 0 Å². The van der Waals surface area contributed by atoms with E-state index in [1.165, 1.54) is 0 Å². The molecule has 0 amide bonds. The number of likely N-dealkylation sites (N-methyl/N-ethyl adjacent to an activating group) is 1. The van der Waals surface area contributed by atoms with E-state index in [4.69, 9.17) is 18.9 Å². The number of ether oxygens (including phenoxy) is 4. The Morgan fingerprint density at radius 1 is 0.380 bits per heavy atom. The van der Waals surface area contributed by atoms with Crippen LogP contribution in [0.25, 0.3) is 0 Å². The Morgan fingerprint density at radius 2 is 0.684 bits per heavy atom. The monoisotopic (exact) mass is 1090 g/mol. The normalized spacial score (nSPS) is 14.1. The predicted octanol–water partition coefficient (Wildman–Crippen LogP) is 16.8. The van der Waals surface area contributed by atoms with Gasteiger partial charge in [-0.1, -0.05) is 215 Å². The van der Waals surface area contributed by atoms with Crippen molar-refractivity contribution in [1.82, 2.24) is 0 Å². The number of esters is 2. The van der Waals surface area contributed by atoms with E-state index in [9.17, 15) is 19.5 Å². The molecule has 9 heteroatoms. The van der Waals surface area contributed by atoms with Crippen molar-refractivity contribution >= 4 is 17.9 Å². The van der Waals surface area contributed by atoms with E-state index in [1.807, 2.05) is 21.1 Å². The fraction of sp³-hybridized carbons (Fsp3) is 0.529. The van der Waals surface area contributed by atoms with E-state index >= 15 is 0 Å². The summed E-state index contributed by atoms with van der Waals surface area (Å²) in [6.45, 7) is 4.41. The van der Waals surface area contributed by atoms with Gasteiger partial charge in [-0.2, -0.15) is 0 Å². The van der Waals surface area contributed by atoms with E-state index < -0.39 is 30.3 Å². The van der Waals surface area contributed by atoms with Crippen molar-refractivity contribution in [2.45, 2.75) is 193 Å². The van der Waals surface area contributed by atoms with E-state index in [0.29, 0.717) is 23.9 Å². The number of hydrogen-bond acceptors (Lipinski definition) is 8. The van der Waals surface area contributed by atoms with Crippen LogP contribution in [0.1, 0.15) is 181 Å². The fourth-order valence-corrected chi connectivity index (χ4v) is 7.12. The summed E-state index contributed by atoms with van der Waals surface area (Å²) in [5, 5.41) is 11.8. The zero-order valence-corrected chi connectivity index (χ0v) is 49.9. The van der Waals surface area contributed by atoms with Gasteiger partial charge in [0.15, 0.2) is 12.4 Å². The SMILES string of the molecule is CC/C=C\C/C=C\C/C=C\C/C=C\C/C=C\C/C=C\C/C=C\C/C=C\C/C=C\CCCCCC(=O)OC(COC(=O)CCCCCC/C=C\C/C=C\C/C=C\C/C=C\C/C=C\C/C=C\CC)COC(OCC[N+](C)(C)C)C(=O)[O-]. The Morgan fingerprint density at radius 3 is 1.01 bits per heavy atom. The van der Waals surface area contributed by atoms with Crippen LogP contribution < -0.4 is 5.11 Å². The molecule has 9 nitrogen and oxygen atoms in total. The Labute approximate surface area is 481 Å². The molecular formula is C70H107NO8. The van der Waals surface area contributed by atoms with Gasteiger partial charge in [0.2, 0.25) is 0 Å². The van der Waals surface area contributed by atoms with Crippen molar-refractivity contribution in [2.24, 2.45) is 0 Å². The first kappa shape index (κ1) is 73.4. The van der Waals surface area contributed by atoms with Crippen molar-refractivity contribution in [3.8, 4) is 0 Å². The van der Waals surface area contributed by atoms with Crippen molar-refractivity contribution in [2.75, 3.05) is 47.5 Å². The van der Waals surface area contributed by atoms with Crippen LogP contribution in [0.15, 0.2) is 182 Å². The van der Waals surface area contributed by atoms with Crippen LogP contribution in [-0.4, -0.2) is 82.3 Å². The minimum absolute atomic E-state index is 0.124. The van der Waals surface area contributed by atoms with E-state index in [2.05, 4.69) is 196 Å². The molecular weight excluding hydrogens is 983 g/mol. The van der Waals surface area contributed by atoms with Crippen LogP contribution in [-0.2, 0) is 33.3 Å². The quantitative estimate of drug-likeness (QED) is 0.0195. The van der Waals surface area contributed by atoms with Crippen LogP contribution in [0.3, 0.4) is 0 Å². The highest BCUT2D eigenvalue weighted by atomic mass is 16.7. The summed E-state index contributed by atoms with van der Waals surface area (Å²) >= 11 is 0. The van der Waals surface area contributed by atoms with Gasteiger partial charge in [0.1, 0.15) is 13.2 Å². The first-order valence-electron chi connectivity index (χ1n) is 29.9. The molecule has 0 bridgehead atoms. The fourth-order valence-electron chi connectivity index (χ4n) is 7.12. The topological polar surface area (TPSA) is 111 Å². The highest BCUT2D eigenvalue weighted by molar-refractivity contribution is 5.70. The zero-order valence-electron chi connectivity index (χ0n) is 49.9. The smallest absolute Gasteiger partial charge is 0.306 e. The number of carbonyl (C=O) groups is 3. The number of unbranched alkanes of at least 4 members (excludes halogenated alkanes) is 7. The Kier molecular flexibility index (Phi) is 54.4. The average molecular weight is 1090 g/mol. The van der Waals surface area contributed by atoms with Crippen LogP contribution in [0.2, 0.25) is 0 Å². The molecule has 0 fully saturated rings. The summed E-state index contributed by atoms with van der Waals surface area (Å²) in [4.78, 5) is 37.3. The molecule has 0 rings (SSSR count). The van der Waals surface area contributed by atoms with Crippen molar-refractivity contribution < 1.29 is 42.9 Å². The second-order valence-corrected chi connectivity index (χ2v) is 20.2. The molecule has 0 radical (unpaired) electrons. The highest BCUT2D eigenvalue weighted by Gasteiger charge is 2.22. The lowest BCUT2D eigenvalue weighted by Crippen LogP contribution is -2.44. The molecule has 0 spiro atoms. The molecule has 0 aliphatic heterocycles. The standard InChI is InChI=1S/C70H107NO8/c1-6-8-10-12-14-16-18-20-22-24-26-28-30-31-32-33-34-35-36-37-39-41-43-45-47-49-51-53-55-57-59-61-68(73)79-66(65-78-70(69(74)75)76-63-62-71(3,4)5)64-77-67(72)60-58-56-54-52-50-48-46-44-42-40-38-29-27-25-23-21-19-17-15-13-11-9-7-2/h8-11,14-17,20-23,26-29,31-32,34-35,37,39-40,42-43,45-46,48-49,51,66,70H,6-7,12-13,18-19,24-25,30,33,36,38,41,44,47,50,52-65H2,1-5H3/b10-8-,11-9-,16-14-,17-15-,22-20-,23-21-,28-26-,29-27-,32-31-,35-34-,39-37-,42-40-,45-43-,48-46-,51-49-. The number of quaternary nitrogens is 1. The molecule has 440 valence electrons. The molecule has 0 aliphatic carbocycles. The number of aliphatic carboxylic acids is 1. The molecule has 0 N–H and O–H groups in total. The van der Waals surface area contributed by atoms with E-state index in [-0.39, 0.29) is 32.7 Å². The van der Waals surface area contributed by atoms with Gasteiger partial charge in [-0.15, -0.1) is 0 Å². The molecule has 79 heavy (non-hydrogen) atoms. The maximum Gasteiger partial charge on any atom is 0.306 e. The lowest BCUT2D eigenvalue weighted by atomic mass is 10.1. The molecule has 0 saturated carbocycles. The van der Waals surface area contributed by atoms with Gasteiger partial charge < -0.3 is 33.3 Å². The highest BCUT2D eigenvalue weighted by Crippen LogP contribution is 2.11. The van der Waals surface area contributed by atoms with Gasteiger partial charge >= 0.3 is 11.9 Å². The molecule has 0 aromatic rings. The minimum Gasteiger partial charge on any atom is -0.545 e. The van der Waals surface area contributed by atoms with E-state index in [0.717, 1.165) is 141 Å². The maximum atomic E-state index is 12.9. The van der Waals surface area contributed by atoms with Crippen LogP contribution in [0, 0.1) is 0 Å². The number of hydrogen-bond donors (Lipinski definition) is 0. The molecule has 2 unspecified atom stereocenters. The van der Waals surface area contributed by atoms with Gasteiger partial charge in [-0.05, 0) is 135 Å². The summed E-state index contributed by atoms with van der Waals surface area (Å²) < 4.78 is 22.6. The molecule has 0 saturated heterocycles. The summed E-state index contributed by atoms with van der Waals surface area (Å²) in [7, 11) is 5.88.